The van der Waals surface area contributed by atoms with Crippen LogP contribution in [0.2, 0.25) is 0 Å². The molecular weight excluding hydrogens is 280 g/mol. The minimum absolute atomic E-state index is 0.0460. The second-order valence-electron chi connectivity index (χ2n) is 6.85. The topological polar surface area (TPSA) is 70.8 Å². The molecule has 22 heavy (non-hydrogen) atoms. The van der Waals surface area contributed by atoms with Crippen molar-refractivity contribution in [1.29, 1.82) is 0 Å². The first kappa shape index (κ1) is 16.3. The van der Waals surface area contributed by atoms with Crippen LogP contribution in [0.15, 0.2) is 29.3 Å². The lowest BCUT2D eigenvalue weighted by Gasteiger charge is -2.62. The van der Waals surface area contributed by atoms with Gasteiger partial charge in [0.2, 0.25) is 0 Å². The van der Waals surface area contributed by atoms with Gasteiger partial charge in [-0.05, 0) is 19.4 Å². The SMILES string of the molecule is CN=C(NCc1ccc([N+](=O)[O-])cc1)N1CC(C)(C)C1(C)C. The monoisotopic (exact) mass is 304 g/mol. The number of non-ortho nitro benzene ring substituents is 1. The molecule has 0 atom stereocenters. The highest BCUT2D eigenvalue weighted by molar-refractivity contribution is 5.82. The highest BCUT2D eigenvalue weighted by Crippen LogP contribution is 2.46. The summed E-state index contributed by atoms with van der Waals surface area (Å²) in [7, 11) is 1.78. The van der Waals surface area contributed by atoms with Gasteiger partial charge in [-0.3, -0.25) is 15.1 Å². The summed E-state index contributed by atoms with van der Waals surface area (Å²) in [6.07, 6.45) is 0. The van der Waals surface area contributed by atoms with E-state index >= 15 is 0 Å². The maximum absolute atomic E-state index is 10.7. The van der Waals surface area contributed by atoms with Crippen molar-refractivity contribution in [1.82, 2.24) is 10.2 Å². The second-order valence-corrected chi connectivity index (χ2v) is 6.85. The Morgan fingerprint density at radius 3 is 2.32 bits per heavy atom. The molecule has 6 nitrogen and oxygen atoms in total. The third-order valence-electron chi connectivity index (χ3n) is 4.95. The van der Waals surface area contributed by atoms with Crippen LogP contribution in [0.1, 0.15) is 33.3 Å². The van der Waals surface area contributed by atoms with E-state index in [1.165, 1.54) is 12.1 Å². The number of guanidine groups is 1. The van der Waals surface area contributed by atoms with Gasteiger partial charge in [0.15, 0.2) is 5.96 Å². The number of nitrogens with zero attached hydrogens (tertiary/aromatic N) is 3. The Morgan fingerprint density at radius 1 is 1.32 bits per heavy atom. The molecule has 1 aliphatic rings. The fourth-order valence-corrected chi connectivity index (χ4v) is 2.61. The lowest BCUT2D eigenvalue weighted by atomic mass is 9.65. The number of rotatable bonds is 3. The Balaban J connectivity index is 2.00. The smallest absolute Gasteiger partial charge is 0.269 e. The lowest BCUT2D eigenvalue weighted by Crippen LogP contribution is -2.72. The molecule has 0 saturated carbocycles. The van der Waals surface area contributed by atoms with Crippen molar-refractivity contribution in [3.05, 3.63) is 39.9 Å². The van der Waals surface area contributed by atoms with Crippen LogP contribution >= 0.6 is 0 Å². The van der Waals surface area contributed by atoms with Crippen LogP contribution in [0.5, 0.6) is 0 Å². The molecule has 1 aliphatic heterocycles. The Labute approximate surface area is 131 Å². The van der Waals surface area contributed by atoms with Gasteiger partial charge in [0.05, 0.1) is 4.92 Å². The van der Waals surface area contributed by atoms with Crippen LogP contribution < -0.4 is 5.32 Å². The molecule has 1 fully saturated rings. The predicted molar refractivity (Wildman–Crippen MR) is 87.9 cm³/mol. The molecule has 0 bridgehead atoms. The summed E-state index contributed by atoms with van der Waals surface area (Å²) in [5.74, 6) is 0.864. The van der Waals surface area contributed by atoms with E-state index in [-0.39, 0.29) is 21.6 Å². The average molecular weight is 304 g/mol. The fraction of sp³-hybridized carbons (Fsp3) is 0.562. The standard InChI is InChI=1S/C16H24N4O2/c1-15(2)11-19(16(15,3)4)14(17-5)18-10-12-6-8-13(9-7-12)20(21)22/h6-9H,10-11H2,1-5H3,(H,17,18). The van der Waals surface area contributed by atoms with E-state index in [9.17, 15) is 10.1 Å². The van der Waals surface area contributed by atoms with Crippen LogP contribution in [-0.2, 0) is 6.54 Å². The van der Waals surface area contributed by atoms with Crippen LogP contribution in [-0.4, -0.2) is 34.9 Å². The van der Waals surface area contributed by atoms with Gasteiger partial charge in [0.25, 0.3) is 5.69 Å². The summed E-state index contributed by atoms with van der Waals surface area (Å²) in [4.78, 5) is 16.9. The highest BCUT2D eigenvalue weighted by Gasteiger charge is 2.53. The van der Waals surface area contributed by atoms with Crippen LogP contribution in [0.4, 0.5) is 5.69 Å². The number of hydrogen-bond acceptors (Lipinski definition) is 3. The molecule has 2 rings (SSSR count). The largest absolute Gasteiger partial charge is 0.352 e. The zero-order valence-corrected chi connectivity index (χ0v) is 13.9. The molecule has 120 valence electrons. The van der Waals surface area contributed by atoms with Gasteiger partial charge in [-0.25, -0.2) is 0 Å². The molecule has 0 spiro atoms. The second kappa shape index (κ2) is 5.59. The van der Waals surface area contributed by atoms with Gasteiger partial charge in [-0.15, -0.1) is 0 Å². The molecule has 6 heteroatoms. The zero-order chi connectivity index (χ0) is 16.5. The molecule has 0 aromatic heterocycles. The first-order valence-corrected chi connectivity index (χ1v) is 7.41. The van der Waals surface area contributed by atoms with Crippen molar-refractivity contribution >= 4 is 11.6 Å². The Kier molecular flexibility index (Phi) is 4.13. The van der Waals surface area contributed by atoms with E-state index in [0.29, 0.717) is 6.54 Å². The first-order valence-electron chi connectivity index (χ1n) is 7.41. The van der Waals surface area contributed by atoms with Gasteiger partial charge in [-0.2, -0.15) is 0 Å². The van der Waals surface area contributed by atoms with Crippen molar-refractivity contribution in [2.45, 2.75) is 39.8 Å². The van der Waals surface area contributed by atoms with E-state index in [1.807, 2.05) is 0 Å². The third-order valence-corrected chi connectivity index (χ3v) is 4.95. The number of aliphatic imine (C=N–C) groups is 1. The summed E-state index contributed by atoms with van der Waals surface area (Å²) in [5.41, 5.74) is 1.39. The Hall–Kier alpha value is -2.11. The number of benzene rings is 1. The molecule has 1 N–H and O–H groups in total. The summed E-state index contributed by atoms with van der Waals surface area (Å²) < 4.78 is 0. The van der Waals surface area contributed by atoms with Crippen LogP contribution in [0, 0.1) is 15.5 Å². The summed E-state index contributed by atoms with van der Waals surface area (Å²) in [6, 6.07) is 6.58. The number of nitro groups is 1. The maximum atomic E-state index is 10.7. The zero-order valence-electron chi connectivity index (χ0n) is 13.9. The third kappa shape index (κ3) is 2.77. The molecule has 1 aromatic rings. The van der Waals surface area contributed by atoms with Crippen LogP contribution in [0.3, 0.4) is 0 Å². The minimum Gasteiger partial charge on any atom is -0.352 e. The lowest BCUT2D eigenvalue weighted by molar-refractivity contribution is -0.384. The van der Waals surface area contributed by atoms with E-state index in [0.717, 1.165) is 18.1 Å². The van der Waals surface area contributed by atoms with E-state index < -0.39 is 0 Å². The van der Waals surface area contributed by atoms with E-state index in [2.05, 4.69) is 42.9 Å². The minimum atomic E-state index is -0.388. The summed E-state index contributed by atoms with van der Waals surface area (Å²) in [6.45, 7) is 10.5. The van der Waals surface area contributed by atoms with Gasteiger partial charge in [-0.1, -0.05) is 26.0 Å². The van der Waals surface area contributed by atoms with Crippen molar-refractivity contribution in [3.8, 4) is 0 Å². The maximum Gasteiger partial charge on any atom is 0.269 e. The number of nitrogens with one attached hydrogen (secondary N) is 1. The highest BCUT2D eigenvalue weighted by atomic mass is 16.6. The van der Waals surface area contributed by atoms with Gasteiger partial charge in [0, 0.05) is 43.2 Å². The molecule has 1 heterocycles. The van der Waals surface area contributed by atoms with Gasteiger partial charge in [0.1, 0.15) is 0 Å². The van der Waals surface area contributed by atoms with Crippen molar-refractivity contribution in [3.63, 3.8) is 0 Å². The molecule has 0 radical (unpaired) electrons. The van der Waals surface area contributed by atoms with E-state index in [4.69, 9.17) is 0 Å². The molecule has 1 aromatic carbocycles. The van der Waals surface area contributed by atoms with Crippen LogP contribution in [0.25, 0.3) is 0 Å². The van der Waals surface area contributed by atoms with Gasteiger partial charge >= 0.3 is 0 Å². The van der Waals surface area contributed by atoms with Gasteiger partial charge < -0.3 is 10.2 Å². The molecule has 1 saturated heterocycles. The first-order chi connectivity index (χ1) is 10.2. The molecule has 0 aliphatic carbocycles. The predicted octanol–water partition coefficient (Wildman–Crippen LogP) is 2.79. The summed E-state index contributed by atoms with van der Waals surface area (Å²) >= 11 is 0. The van der Waals surface area contributed by atoms with Crippen molar-refractivity contribution in [2.24, 2.45) is 10.4 Å². The quantitative estimate of drug-likeness (QED) is 0.403. The Bertz CT molecular complexity index is 591. The number of likely N-dealkylation sites (tertiary alicyclic amines) is 1. The number of nitro benzene ring substituents is 1. The molecular formula is C16H24N4O2. The van der Waals surface area contributed by atoms with Crippen molar-refractivity contribution in [2.75, 3.05) is 13.6 Å². The van der Waals surface area contributed by atoms with E-state index in [1.54, 1.807) is 19.2 Å². The van der Waals surface area contributed by atoms with Crippen molar-refractivity contribution < 1.29 is 4.92 Å². The fourth-order valence-electron chi connectivity index (χ4n) is 2.61. The normalized spacial score (nSPS) is 19.5. The Morgan fingerprint density at radius 2 is 1.91 bits per heavy atom. The molecule has 0 amide bonds. The average Bonchev–Trinajstić information content (AvgIpc) is 2.47. The molecule has 0 unspecified atom stereocenters. The number of hydrogen-bond donors (Lipinski definition) is 1. The summed E-state index contributed by atoms with van der Waals surface area (Å²) in [5, 5.41) is 14.0.